The predicted octanol–water partition coefficient (Wildman–Crippen LogP) is 4.37. The summed E-state index contributed by atoms with van der Waals surface area (Å²) in [6.45, 7) is 13.3. The Morgan fingerprint density at radius 2 is 1.85 bits per heavy atom. The number of ether oxygens (including phenoxy) is 2. The average Bonchev–Trinajstić information content (AvgIpc) is 2.94. The summed E-state index contributed by atoms with van der Waals surface area (Å²) in [7, 11) is 1.86. The van der Waals surface area contributed by atoms with Crippen LogP contribution in [0.4, 0.5) is 10.2 Å². The number of nitrogens with one attached hydrogen (secondary N) is 1. The maximum Gasteiger partial charge on any atom is 0.257 e. The van der Waals surface area contributed by atoms with E-state index in [9.17, 15) is 9.18 Å². The molecule has 3 fully saturated rings. The Balaban J connectivity index is 0.00000387. The molecule has 1 aromatic carbocycles. The van der Waals surface area contributed by atoms with Gasteiger partial charge in [0.25, 0.3) is 5.91 Å². The van der Waals surface area contributed by atoms with Crippen LogP contribution in [-0.4, -0.2) is 96.8 Å². The third kappa shape index (κ3) is 6.77. The highest BCUT2D eigenvalue weighted by atomic mass is 35.5. The number of carbonyl (C=O) groups excluding carboxylic acids is 1. The lowest BCUT2D eigenvalue weighted by molar-refractivity contribution is -0.0677. The zero-order valence-electron chi connectivity index (χ0n) is 24.7. The van der Waals surface area contributed by atoms with Gasteiger partial charge in [-0.25, -0.2) is 14.4 Å². The molecule has 3 saturated heterocycles. The lowest BCUT2D eigenvalue weighted by Gasteiger charge is -2.55. The van der Waals surface area contributed by atoms with Crippen molar-refractivity contribution in [2.24, 2.45) is 5.41 Å². The van der Waals surface area contributed by atoms with Gasteiger partial charge in [-0.05, 0) is 90.8 Å². The first-order chi connectivity index (χ1) is 19.3. The van der Waals surface area contributed by atoms with E-state index in [1.165, 1.54) is 24.5 Å². The number of halogens is 2. The van der Waals surface area contributed by atoms with Gasteiger partial charge >= 0.3 is 0 Å². The van der Waals surface area contributed by atoms with Crippen LogP contribution in [0.25, 0.3) is 0 Å². The molecule has 0 saturated carbocycles. The molecule has 9 nitrogen and oxygen atoms in total. The molecule has 1 aromatic heterocycles. The van der Waals surface area contributed by atoms with Crippen LogP contribution < -0.4 is 15.0 Å². The van der Waals surface area contributed by atoms with E-state index in [0.29, 0.717) is 23.9 Å². The van der Waals surface area contributed by atoms with Crippen LogP contribution in [0.1, 0.15) is 56.8 Å². The van der Waals surface area contributed by atoms with Crippen LogP contribution >= 0.6 is 12.4 Å². The highest BCUT2D eigenvalue weighted by Gasteiger charge is 2.47. The molecule has 3 aliphatic rings. The topological polar surface area (TPSA) is 83.1 Å². The monoisotopic (exact) mass is 590 g/mol. The molecule has 2 aromatic rings. The number of benzene rings is 1. The molecule has 0 unspecified atom stereocenters. The first kappa shape index (κ1) is 31.4. The van der Waals surface area contributed by atoms with Gasteiger partial charge in [0, 0.05) is 44.7 Å². The Kier molecular flexibility index (Phi) is 10.1. The summed E-state index contributed by atoms with van der Waals surface area (Å²) < 4.78 is 26.5. The highest BCUT2D eigenvalue weighted by Crippen LogP contribution is 2.45. The van der Waals surface area contributed by atoms with Crippen molar-refractivity contribution in [1.82, 2.24) is 25.1 Å². The molecule has 226 valence electrons. The fourth-order valence-electron chi connectivity index (χ4n) is 6.53. The summed E-state index contributed by atoms with van der Waals surface area (Å²) in [5.74, 6) is 0.730. The van der Waals surface area contributed by atoms with E-state index in [4.69, 9.17) is 9.47 Å². The number of amides is 1. The van der Waals surface area contributed by atoms with Gasteiger partial charge in [-0.1, -0.05) is 0 Å². The molecular weight excluding hydrogens is 547 g/mol. The quantitative estimate of drug-likeness (QED) is 0.461. The van der Waals surface area contributed by atoms with Gasteiger partial charge < -0.3 is 29.5 Å². The number of likely N-dealkylation sites (tertiary alicyclic amines) is 1. The SMILES string of the molecule is CCN(C(=O)c1cc(F)ccc1Oc1cncnc1N1CC2(CCN(CC3(OC)CCNCC3)CC2)C1)C(C)C.Cl. The Labute approximate surface area is 249 Å². The fraction of sp³-hybridized carbons (Fsp3) is 0.633. The molecule has 3 aliphatic heterocycles. The van der Waals surface area contributed by atoms with E-state index < -0.39 is 5.82 Å². The summed E-state index contributed by atoms with van der Waals surface area (Å²) >= 11 is 0. The van der Waals surface area contributed by atoms with Gasteiger partial charge in [-0.3, -0.25) is 4.79 Å². The number of methoxy groups -OCH3 is 1. The van der Waals surface area contributed by atoms with Crippen LogP contribution in [0.2, 0.25) is 0 Å². The van der Waals surface area contributed by atoms with Gasteiger partial charge in [0.05, 0.1) is 17.4 Å². The van der Waals surface area contributed by atoms with E-state index in [1.54, 1.807) is 11.1 Å². The molecule has 5 rings (SSSR count). The minimum Gasteiger partial charge on any atom is -0.451 e. The molecule has 4 heterocycles. The minimum atomic E-state index is -0.479. The lowest BCUT2D eigenvalue weighted by atomic mass is 9.71. The predicted molar refractivity (Wildman–Crippen MR) is 160 cm³/mol. The summed E-state index contributed by atoms with van der Waals surface area (Å²) in [6.07, 6.45) is 7.54. The van der Waals surface area contributed by atoms with E-state index in [1.807, 2.05) is 27.9 Å². The minimum absolute atomic E-state index is 0. The third-order valence-electron chi connectivity index (χ3n) is 9.00. The molecule has 1 N–H and O–H groups in total. The van der Waals surface area contributed by atoms with E-state index in [2.05, 4.69) is 25.1 Å². The molecular formula is C30H44ClFN6O3. The molecule has 0 bridgehead atoms. The molecule has 1 amide bonds. The van der Waals surface area contributed by atoms with Gasteiger partial charge in [0.15, 0.2) is 11.6 Å². The molecule has 1 spiro atoms. The van der Waals surface area contributed by atoms with Gasteiger partial charge in [-0.15, -0.1) is 12.4 Å². The second-order valence-electron chi connectivity index (χ2n) is 11.9. The number of hydrogen-bond acceptors (Lipinski definition) is 8. The molecule has 0 radical (unpaired) electrons. The maximum atomic E-state index is 14.2. The average molecular weight is 591 g/mol. The van der Waals surface area contributed by atoms with Crippen molar-refractivity contribution in [1.29, 1.82) is 0 Å². The molecule has 11 heteroatoms. The number of nitrogens with zero attached hydrogens (tertiary/aromatic N) is 5. The smallest absolute Gasteiger partial charge is 0.257 e. The summed E-state index contributed by atoms with van der Waals surface area (Å²) in [5, 5.41) is 3.45. The van der Waals surface area contributed by atoms with Crippen molar-refractivity contribution < 1.29 is 18.7 Å². The molecule has 0 aliphatic carbocycles. The first-order valence-corrected chi connectivity index (χ1v) is 14.6. The van der Waals surface area contributed by atoms with Crippen molar-refractivity contribution >= 4 is 24.1 Å². The number of anilines is 1. The van der Waals surface area contributed by atoms with Crippen molar-refractivity contribution in [2.45, 2.75) is 58.1 Å². The van der Waals surface area contributed by atoms with Crippen molar-refractivity contribution in [2.75, 3.05) is 64.4 Å². The van der Waals surface area contributed by atoms with Gasteiger partial charge in [0.2, 0.25) is 0 Å². The Morgan fingerprint density at radius 3 is 2.49 bits per heavy atom. The zero-order valence-corrected chi connectivity index (χ0v) is 25.5. The molecule has 0 atom stereocenters. The first-order valence-electron chi connectivity index (χ1n) is 14.6. The Morgan fingerprint density at radius 1 is 1.15 bits per heavy atom. The fourth-order valence-corrected chi connectivity index (χ4v) is 6.53. The van der Waals surface area contributed by atoms with Gasteiger partial charge in [0.1, 0.15) is 17.9 Å². The van der Waals surface area contributed by atoms with Crippen molar-refractivity contribution in [3.05, 3.63) is 42.1 Å². The van der Waals surface area contributed by atoms with Crippen molar-refractivity contribution in [3.63, 3.8) is 0 Å². The second kappa shape index (κ2) is 13.2. The number of piperidine rings is 2. The Bertz CT molecular complexity index is 1180. The normalized spacial score (nSPS) is 19.9. The summed E-state index contributed by atoms with van der Waals surface area (Å²) in [6, 6.07) is 4.05. The zero-order chi connectivity index (χ0) is 28.3. The van der Waals surface area contributed by atoms with Crippen LogP contribution in [0.3, 0.4) is 0 Å². The van der Waals surface area contributed by atoms with Gasteiger partial charge in [-0.2, -0.15) is 0 Å². The van der Waals surface area contributed by atoms with Crippen LogP contribution in [0.5, 0.6) is 11.5 Å². The second-order valence-corrected chi connectivity index (χ2v) is 11.9. The van der Waals surface area contributed by atoms with Crippen LogP contribution in [0.15, 0.2) is 30.7 Å². The van der Waals surface area contributed by atoms with E-state index in [0.717, 1.165) is 71.5 Å². The number of hydrogen-bond donors (Lipinski definition) is 1. The van der Waals surface area contributed by atoms with Crippen LogP contribution in [0, 0.1) is 11.2 Å². The number of aromatic nitrogens is 2. The van der Waals surface area contributed by atoms with E-state index >= 15 is 0 Å². The van der Waals surface area contributed by atoms with E-state index in [-0.39, 0.29) is 40.9 Å². The Hall–Kier alpha value is -2.53. The van der Waals surface area contributed by atoms with Crippen LogP contribution in [-0.2, 0) is 4.74 Å². The number of rotatable bonds is 9. The molecule has 41 heavy (non-hydrogen) atoms. The highest BCUT2D eigenvalue weighted by molar-refractivity contribution is 5.97. The maximum absolute atomic E-state index is 14.2. The third-order valence-corrected chi connectivity index (χ3v) is 9.00. The van der Waals surface area contributed by atoms with Crippen molar-refractivity contribution in [3.8, 4) is 11.5 Å². The number of carbonyl (C=O) groups is 1. The summed E-state index contributed by atoms with van der Waals surface area (Å²) in [4.78, 5) is 28.5. The summed E-state index contributed by atoms with van der Waals surface area (Å²) in [5.41, 5.74) is 0.432. The standard InChI is InChI=1S/C30H43FN6O3.ClH/c1-5-37(22(2)3)28(38)24-16-23(31)6-7-25(24)40-26-17-33-21-34-27(26)36-18-29(19-36)10-14-35(15-11-29)20-30(39-4)8-12-32-13-9-30;/h6-7,16-17,21-22,32H,5,8-15,18-20H2,1-4H3;1H. The lowest BCUT2D eigenvalue weighted by Crippen LogP contribution is -2.62. The largest absolute Gasteiger partial charge is 0.451 e.